The first kappa shape index (κ1) is 22.1. The molecule has 0 aromatic heterocycles. The third-order valence-corrected chi connectivity index (χ3v) is 4.63. The third-order valence-electron chi connectivity index (χ3n) is 3.70. The van der Waals surface area contributed by atoms with Crippen LogP contribution < -0.4 is 25.6 Å². The first-order chi connectivity index (χ1) is 13.9. The number of hydrazine groups is 1. The Morgan fingerprint density at radius 2 is 1.55 bits per heavy atom. The number of nitrogens with one attached hydrogen (secondary N) is 3. The Kier molecular flexibility index (Phi) is 8.35. The summed E-state index contributed by atoms with van der Waals surface area (Å²) in [6.07, 6.45) is 0. The van der Waals surface area contributed by atoms with E-state index in [1.807, 2.05) is 25.1 Å². The molecule has 0 bridgehead atoms. The van der Waals surface area contributed by atoms with Crippen molar-refractivity contribution in [3.63, 3.8) is 0 Å². The number of carbonyl (C=O) groups is 3. The molecular formula is C20H23N3O5S. The van der Waals surface area contributed by atoms with Crippen LogP contribution in [0.1, 0.15) is 15.9 Å². The lowest BCUT2D eigenvalue weighted by molar-refractivity contribution is -0.119. The third kappa shape index (κ3) is 7.38. The zero-order valence-corrected chi connectivity index (χ0v) is 17.2. The number of hydrogen-bond acceptors (Lipinski definition) is 6. The van der Waals surface area contributed by atoms with Crippen molar-refractivity contribution in [3.8, 4) is 11.5 Å². The predicted molar refractivity (Wildman–Crippen MR) is 112 cm³/mol. The van der Waals surface area contributed by atoms with Gasteiger partial charge in [-0.05, 0) is 36.8 Å². The average Bonchev–Trinajstić information content (AvgIpc) is 2.71. The number of anilines is 1. The van der Waals surface area contributed by atoms with Crippen LogP contribution in [0, 0.1) is 6.92 Å². The molecule has 154 valence electrons. The van der Waals surface area contributed by atoms with E-state index in [9.17, 15) is 14.4 Å². The number of rotatable bonds is 8. The van der Waals surface area contributed by atoms with Crippen molar-refractivity contribution < 1.29 is 23.9 Å². The summed E-state index contributed by atoms with van der Waals surface area (Å²) in [5.41, 5.74) is 6.66. The SMILES string of the molecule is COc1cc(OC)cc(C(=O)NNC(=O)CSCC(=O)Nc2cccc(C)c2)c1. The summed E-state index contributed by atoms with van der Waals surface area (Å²) in [5.74, 6) is -0.113. The van der Waals surface area contributed by atoms with Gasteiger partial charge in [0, 0.05) is 17.3 Å². The molecule has 0 fully saturated rings. The van der Waals surface area contributed by atoms with Crippen molar-refractivity contribution in [2.75, 3.05) is 31.0 Å². The van der Waals surface area contributed by atoms with Gasteiger partial charge in [-0.25, -0.2) is 0 Å². The van der Waals surface area contributed by atoms with Crippen LogP contribution in [0.3, 0.4) is 0 Å². The van der Waals surface area contributed by atoms with Gasteiger partial charge in [-0.3, -0.25) is 25.2 Å². The van der Waals surface area contributed by atoms with E-state index >= 15 is 0 Å². The normalized spacial score (nSPS) is 10.0. The van der Waals surface area contributed by atoms with Crippen molar-refractivity contribution in [2.24, 2.45) is 0 Å². The smallest absolute Gasteiger partial charge is 0.269 e. The summed E-state index contributed by atoms with van der Waals surface area (Å²) in [6.45, 7) is 1.94. The Balaban J connectivity index is 1.74. The molecule has 29 heavy (non-hydrogen) atoms. The van der Waals surface area contributed by atoms with E-state index < -0.39 is 11.8 Å². The van der Waals surface area contributed by atoms with E-state index in [1.54, 1.807) is 12.1 Å². The molecule has 0 atom stereocenters. The lowest BCUT2D eigenvalue weighted by Gasteiger charge is -2.10. The summed E-state index contributed by atoms with van der Waals surface area (Å²) in [7, 11) is 2.95. The molecule has 0 aliphatic carbocycles. The second kappa shape index (κ2) is 11.0. The quantitative estimate of drug-likeness (QED) is 0.569. The monoisotopic (exact) mass is 417 g/mol. The van der Waals surface area contributed by atoms with Crippen LogP contribution in [-0.2, 0) is 9.59 Å². The molecule has 2 rings (SSSR count). The standard InChI is InChI=1S/C20H23N3O5S/c1-13-5-4-6-15(7-13)21-18(24)11-29-12-19(25)22-23-20(26)14-8-16(27-2)10-17(9-14)28-3/h4-10H,11-12H2,1-3H3,(H,21,24)(H,22,25)(H,23,26). The molecule has 9 heteroatoms. The van der Waals surface area contributed by atoms with Gasteiger partial charge in [0.1, 0.15) is 11.5 Å². The molecule has 0 saturated heterocycles. The predicted octanol–water partition coefficient (Wildman–Crippen LogP) is 2.15. The number of benzene rings is 2. The fourth-order valence-electron chi connectivity index (χ4n) is 2.33. The van der Waals surface area contributed by atoms with Gasteiger partial charge in [-0.15, -0.1) is 11.8 Å². The molecule has 8 nitrogen and oxygen atoms in total. The average molecular weight is 417 g/mol. The van der Waals surface area contributed by atoms with Gasteiger partial charge in [0.25, 0.3) is 5.91 Å². The second-order valence-corrected chi connectivity index (χ2v) is 7.00. The Morgan fingerprint density at radius 1 is 0.897 bits per heavy atom. The zero-order chi connectivity index (χ0) is 21.2. The molecule has 0 spiro atoms. The molecule has 0 aliphatic heterocycles. The molecule has 3 amide bonds. The Bertz CT molecular complexity index is 866. The van der Waals surface area contributed by atoms with Crippen molar-refractivity contribution >= 4 is 35.2 Å². The van der Waals surface area contributed by atoms with Crippen LogP contribution in [0.2, 0.25) is 0 Å². The van der Waals surface area contributed by atoms with Crippen molar-refractivity contribution in [1.29, 1.82) is 0 Å². The minimum Gasteiger partial charge on any atom is -0.497 e. The summed E-state index contributed by atoms with van der Waals surface area (Å²) >= 11 is 1.14. The maximum Gasteiger partial charge on any atom is 0.269 e. The van der Waals surface area contributed by atoms with E-state index in [0.717, 1.165) is 17.3 Å². The lowest BCUT2D eigenvalue weighted by Crippen LogP contribution is -2.42. The van der Waals surface area contributed by atoms with Crippen LogP contribution in [0.25, 0.3) is 0 Å². The van der Waals surface area contributed by atoms with Crippen molar-refractivity contribution in [1.82, 2.24) is 10.9 Å². The highest BCUT2D eigenvalue weighted by Gasteiger charge is 2.12. The molecule has 0 radical (unpaired) electrons. The van der Waals surface area contributed by atoms with Crippen LogP contribution in [0.5, 0.6) is 11.5 Å². The number of ether oxygens (including phenoxy) is 2. The molecule has 0 heterocycles. The molecule has 0 unspecified atom stereocenters. The van der Waals surface area contributed by atoms with Gasteiger partial charge in [-0.2, -0.15) is 0 Å². The zero-order valence-electron chi connectivity index (χ0n) is 16.4. The number of aryl methyl sites for hydroxylation is 1. The van der Waals surface area contributed by atoms with Gasteiger partial charge in [-0.1, -0.05) is 12.1 Å². The Morgan fingerprint density at radius 3 is 2.17 bits per heavy atom. The van der Waals surface area contributed by atoms with Crippen LogP contribution in [0.15, 0.2) is 42.5 Å². The summed E-state index contributed by atoms with van der Waals surface area (Å²) in [6, 6.07) is 12.1. The van der Waals surface area contributed by atoms with Gasteiger partial charge in [0.15, 0.2) is 0 Å². The largest absolute Gasteiger partial charge is 0.497 e. The maximum atomic E-state index is 12.2. The van der Waals surface area contributed by atoms with E-state index in [4.69, 9.17) is 9.47 Å². The molecule has 0 saturated carbocycles. The highest BCUT2D eigenvalue weighted by atomic mass is 32.2. The second-order valence-electron chi connectivity index (χ2n) is 6.01. The minimum absolute atomic E-state index is 0.0168. The molecule has 3 N–H and O–H groups in total. The number of thioether (sulfide) groups is 1. The summed E-state index contributed by atoms with van der Waals surface area (Å²) < 4.78 is 10.2. The van der Waals surface area contributed by atoms with Gasteiger partial charge >= 0.3 is 0 Å². The summed E-state index contributed by atoms with van der Waals surface area (Å²) in [4.78, 5) is 36.0. The van der Waals surface area contributed by atoms with Gasteiger partial charge in [0.05, 0.1) is 25.7 Å². The fourth-order valence-corrected chi connectivity index (χ4v) is 2.95. The topological polar surface area (TPSA) is 106 Å². The number of carbonyl (C=O) groups excluding carboxylic acids is 3. The first-order valence-electron chi connectivity index (χ1n) is 8.67. The van der Waals surface area contributed by atoms with Crippen molar-refractivity contribution in [3.05, 3.63) is 53.6 Å². The molecular weight excluding hydrogens is 394 g/mol. The number of amides is 3. The van der Waals surface area contributed by atoms with E-state index in [-0.39, 0.29) is 23.0 Å². The number of hydrogen-bond donors (Lipinski definition) is 3. The van der Waals surface area contributed by atoms with Crippen LogP contribution in [-0.4, -0.2) is 43.4 Å². The van der Waals surface area contributed by atoms with Crippen molar-refractivity contribution in [2.45, 2.75) is 6.92 Å². The molecule has 2 aromatic carbocycles. The van der Waals surface area contributed by atoms with E-state index in [0.29, 0.717) is 17.2 Å². The Hall–Kier alpha value is -3.20. The molecule has 2 aromatic rings. The van der Waals surface area contributed by atoms with Crippen LogP contribution >= 0.6 is 11.8 Å². The van der Waals surface area contributed by atoms with Crippen LogP contribution in [0.4, 0.5) is 5.69 Å². The van der Waals surface area contributed by atoms with E-state index in [1.165, 1.54) is 26.4 Å². The van der Waals surface area contributed by atoms with E-state index in [2.05, 4.69) is 16.2 Å². The fraction of sp³-hybridized carbons (Fsp3) is 0.250. The first-order valence-corrected chi connectivity index (χ1v) is 9.83. The lowest BCUT2D eigenvalue weighted by atomic mass is 10.2. The highest BCUT2D eigenvalue weighted by Crippen LogP contribution is 2.22. The number of methoxy groups -OCH3 is 2. The van der Waals surface area contributed by atoms with Gasteiger partial charge < -0.3 is 14.8 Å². The summed E-state index contributed by atoms with van der Waals surface area (Å²) in [5, 5.41) is 2.76. The minimum atomic E-state index is -0.516. The molecule has 0 aliphatic rings. The van der Waals surface area contributed by atoms with Gasteiger partial charge in [0.2, 0.25) is 11.8 Å². The Labute approximate surface area is 173 Å². The highest BCUT2D eigenvalue weighted by molar-refractivity contribution is 8.00. The maximum absolute atomic E-state index is 12.2.